The van der Waals surface area contributed by atoms with E-state index < -0.39 is 17.0 Å². The Bertz CT molecular complexity index is 504. The predicted octanol–water partition coefficient (Wildman–Crippen LogP) is 3.30. The van der Waals surface area contributed by atoms with Crippen LogP contribution in [0.4, 0.5) is 16.2 Å². The first-order valence-electron chi connectivity index (χ1n) is 4.11. The van der Waals surface area contributed by atoms with Crippen LogP contribution < -0.4 is 10.4 Å². The summed E-state index contributed by atoms with van der Waals surface area (Å²) in [7, 11) is 0. The third kappa shape index (κ3) is 4.60. The molecule has 0 aromatic heterocycles. The van der Waals surface area contributed by atoms with Gasteiger partial charge in [-0.05, 0) is 28.5 Å². The van der Waals surface area contributed by atoms with Gasteiger partial charge in [-0.3, -0.25) is 19.8 Å². The molecule has 2 amide bonds. The minimum absolute atomic E-state index is 0.0585. The third-order valence-corrected chi connectivity index (χ3v) is 2.55. The molecule has 0 spiro atoms. The highest BCUT2D eigenvalue weighted by Gasteiger charge is 2.20. The molecule has 17 heavy (non-hydrogen) atoms. The molecule has 0 aliphatic carbocycles. The molecule has 1 aromatic rings. The molecular weight excluding hydrogens is 292 g/mol. The van der Waals surface area contributed by atoms with E-state index >= 15 is 0 Å². The number of nitro benzene ring substituents is 1. The summed E-state index contributed by atoms with van der Waals surface area (Å²) in [5, 5.41) is 14.5. The number of urea groups is 1. The van der Waals surface area contributed by atoms with Gasteiger partial charge in [0.15, 0.2) is 0 Å². The van der Waals surface area contributed by atoms with Crippen LogP contribution in [-0.4, -0.2) is 11.0 Å². The Hall–Kier alpha value is -1.30. The second-order valence-electron chi connectivity index (χ2n) is 2.80. The van der Waals surface area contributed by atoms with Crippen molar-refractivity contribution in [2.24, 2.45) is 0 Å². The molecule has 7 nitrogen and oxygen atoms in total. The molecule has 0 atom stereocenters. The number of hydrogen-bond donors (Lipinski definition) is 2. The molecule has 0 bridgehead atoms. The molecule has 0 saturated carbocycles. The lowest BCUT2D eigenvalue weighted by Gasteiger charge is -2.07. The predicted molar refractivity (Wildman–Crippen MR) is 64.6 cm³/mol. The summed E-state index contributed by atoms with van der Waals surface area (Å²) in [5.41, 5.74) is -0.363. The molecule has 1 aromatic carbocycles. The number of hydrogen-bond acceptors (Lipinski definition) is 4. The van der Waals surface area contributed by atoms with Crippen LogP contribution in [-0.2, 0) is 4.57 Å². The summed E-state index contributed by atoms with van der Waals surface area (Å²) in [4.78, 5) is 21.2. The first-order valence-corrected chi connectivity index (χ1v) is 7.63. The lowest BCUT2D eigenvalue weighted by Crippen LogP contribution is -2.23. The largest absolute Gasteiger partial charge is 0.346 e. The summed E-state index contributed by atoms with van der Waals surface area (Å²) >= 11 is 10.2. The smallest absolute Gasteiger partial charge is 0.302 e. The van der Waals surface area contributed by atoms with E-state index in [4.69, 9.17) is 22.5 Å². The number of rotatable bonds is 3. The maximum atomic E-state index is 11.2. The molecule has 0 fully saturated rings. The van der Waals surface area contributed by atoms with E-state index in [0.717, 1.165) is 0 Å². The minimum atomic E-state index is -3.79. The Morgan fingerprint density at radius 1 is 1.35 bits per heavy atom. The van der Waals surface area contributed by atoms with Gasteiger partial charge in [-0.1, -0.05) is 12.1 Å². The number of nitrogens with one attached hydrogen (secondary N) is 2. The Labute approximate surface area is 105 Å². The van der Waals surface area contributed by atoms with Crippen LogP contribution in [0, 0.1) is 10.1 Å². The highest BCUT2D eigenvalue weighted by Crippen LogP contribution is 2.52. The summed E-state index contributed by atoms with van der Waals surface area (Å²) < 4.78 is 10.9. The van der Waals surface area contributed by atoms with E-state index in [-0.39, 0.29) is 11.4 Å². The number of halogens is 2. The van der Waals surface area contributed by atoms with E-state index in [2.05, 4.69) is 5.32 Å². The molecule has 10 heteroatoms. The lowest BCUT2D eigenvalue weighted by molar-refractivity contribution is -0.383. The quantitative estimate of drug-likeness (QED) is 0.507. The normalized spacial score (nSPS) is 10.7. The van der Waals surface area contributed by atoms with Gasteiger partial charge in [0.05, 0.1) is 4.92 Å². The maximum Gasteiger partial charge on any atom is 0.346 e. The van der Waals surface area contributed by atoms with Gasteiger partial charge < -0.3 is 5.32 Å². The van der Waals surface area contributed by atoms with Crippen molar-refractivity contribution in [3.63, 3.8) is 0 Å². The fourth-order valence-corrected chi connectivity index (χ4v) is 1.76. The number of benzene rings is 1. The molecule has 92 valence electrons. The number of nitro groups is 1. The highest BCUT2D eigenvalue weighted by atomic mass is 35.9. The maximum absolute atomic E-state index is 11.2. The molecule has 0 saturated heterocycles. The minimum Gasteiger partial charge on any atom is -0.302 e. The van der Waals surface area contributed by atoms with Crippen LogP contribution in [0.1, 0.15) is 0 Å². The van der Waals surface area contributed by atoms with E-state index in [0.29, 0.717) is 0 Å². The SMILES string of the molecule is O=C(Nc1ccccc1[N+](=O)[O-])NP(=O)(Cl)Cl. The van der Waals surface area contributed by atoms with Crippen molar-refractivity contribution in [2.45, 2.75) is 0 Å². The second kappa shape index (κ2) is 5.35. The average Bonchev–Trinajstić information content (AvgIpc) is 2.14. The van der Waals surface area contributed by atoms with E-state index in [1.807, 2.05) is 0 Å². The molecule has 0 aliphatic heterocycles. The fraction of sp³-hybridized carbons (Fsp3) is 0. The highest BCUT2D eigenvalue weighted by molar-refractivity contribution is 8.07. The Morgan fingerprint density at radius 2 is 1.94 bits per heavy atom. The van der Waals surface area contributed by atoms with Crippen LogP contribution >= 0.6 is 28.5 Å². The molecule has 0 unspecified atom stereocenters. The van der Waals surface area contributed by atoms with Gasteiger partial charge in [-0.25, -0.2) is 4.79 Å². The van der Waals surface area contributed by atoms with Crippen LogP contribution in [0.5, 0.6) is 0 Å². The average molecular weight is 298 g/mol. The van der Waals surface area contributed by atoms with Crippen LogP contribution in [0.25, 0.3) is 0 Å². The molecule has 0 heterocycles. The van der Waals surface area contributed by atoms with Crippen LogP contribution in [0.2, 0.25) is 0 Å². The van der Waals surface area contributed by atoms with Crippen LogP contribution in [0.3, 0.4) is 0 Å². The zero-order valence-corrected chi connectivity index (χ0v) is 10.5. The number of carbonyl (C=O) groups excluding carboxylic acids is 1. The second-order valence-corrected chi connectivity index (χ2v) is 7.33. The molecule has 0 radical (unpaired) electrons. The van der Waals surface area contributed by atoms with Gasteiger partial charge in [0, 0.05) is 6.07 Å². The zero-order chi connectivity index (χ0) is 13.1. The number of para-hydroxylation sites is 2. The Balaban J connectivity index is 2.85. The van der Waals surface area contributed by atoms with Crippen molar-refractivity contribution < 1.29 is 14.3 Å². The summed E-state index contributed by atoms with van der Waals surface area (Å²) in [6.07, 6.45) is 0. The van der Waals surface area contributed by atoms with Crippen molar-refractivity contribution in [3.8, 4) is 0 Å². The molecule has 0 aliphatic rings. The van der Waals surface area contributed by atoms with Crippen LogP contribution in [0.15, 0.2) is 24.3 Å². The molecule has 2 N–H and O–H groups in total. The number of anilines is 1. The lowest BCUT2D eigenvalue weighted by atomic mass is 10.3. The van der Waals surface area contributed by atoms with Gasteiger partial charge in [0.25, 0.3) is 5.69 Å². The summed E-state index contributed by atoms with van der Waals surface area (Å²) in [5.74, 6) is -3.79. The van der Waals surface area contributed by atoms with Gasteiger partial charge in [-0.15, -0.1) is 0 Å². The standard InChI is InChI=1S/C7H6Cl2N3O4P/c8-17(9,16)11-7(13)10-5-3-1-2-4-6(5)12(14)15/h1-4H,(H2,10,11,13,16). The van der Waals surface area contributed by atoms with Gasteiger partial charge in [0.1, 0.15) is 5.69 Å². The number of nitrogens with zero attached hydrogens (tertiary/aromatic N) is 1. The first kappa shape index (κ1) is 13.8. The summed E-state index contributed by atoms with van der Waals surface area (Å²) in [6.45, 7) is 0. The number of amides is 2. The third-order valence-electron chi connectivity index (χ3n) is 1.58. The van der Waals surface area contributed by atoms with Crippen molar-refractivity contribution in [3.05, 3.63) is 34.4 Å². The van der Waals surface area contributed by atoms with E-state index in [1.165, 1.54) is 24.3 Å². The van der Waals surface area contributed by atoms with Crippen molar-refractivity contribution in [1.29, 1.82) is 0 Å². The van der Waals surface area contributed by atoms with E-state index in [1.54, 1.807) is 5.09 Å². The van der Waals surface area contributed by atoms with Crippen molar-refractivity contribution in [1.82, 2.24) is 5.09 Å². The fourth-order valence-electron chi connectivity index (χ4n) is 1.01. The van der Waals surface area contributed by atoms with Gasteiger partial charge in [0.2, 0.25) is 0 Å². The first-order chi connectivity index (χ1) is 7.79. The van der Waals surface area contributed by atoms with Crippen molar-refractivity contribution in [2.75, 3.05) is 5.32 Å². The monoisotopic (exact) mass is 297 g/mol. The Morgan fingerprint density at radius 3 is 2.47 bits per heavy atom. The van der Waals surface area contributed by atoms with Gasteiger partial charge >= 0.3 is 12.0 Å². The summed E-state index contributed by atoms with van der Waals surface area (Å²) in [6, 6.07) is 4.45. The van der Waals surface area contributed by atoms with Crippen molar-refractivity contribution >= 4 is 45.9 Å². The zero-order valence-electron chi connectivity index (χ0n) is 8.09. The molecular formula is C7H6Cl2N3O4P. The Kier molecular flexibility index (Phi) is 4.34. The number of carbonyl (C=O) groups is 1. The topological polar surface area (TPSA) is 101 Å². The van der Waals surface area contributed by atoms with Gasteiger partial charge in [-0.2, -0.15) is 0 Å². The molecule has 1 rings (SSSR count). The van der Waals surface area contributed by atoms with E-state index in [9.17, 15) is 19.5 Å².